The quantitative estimate of drug-likeness (QED) is 0.656. The molecule has 0 saturated carbocycles. The van der Waals surface area contributed by atoms with Gasteiger partial charge >= 0.3 is 0 Å². The van der Waals surface area contributed by atoms with Gasteiger partial charge in [-0.1, -0.05) is 49.7 Å². The Bertz CT molecular complexity index is 611. The molecule has 0 atom stereocenters. The number of rotatable bonds is 0. The second-order valence-corrected chi connectivity index (χ2v) is 5.72. The molecule has 0 unspecified atom stereocenters. The lowest BCUT2D eigenvalue weighted by Gasteiger charge is -2.40. The van der Waals surface area contributed by atoms with Crippen molar-refractivity contribution in [2.75, 3.05) is 11.9 Å². The van der Waals surface area contributed by atoms with Gasteiger partial charge in [0.2, 0.25) is 0 Å². The van der Waals surface area contributed by atoms with Gasteiger partial charge < -0.3 is 4.90 Å². The van der Waals surface area contributed by atoms with Crippen molar-refractivity contribution in [3.63, 3.8) is 0 Å². The van der Waals surface area contributed by atoms with Gasteiger partial charge in [-0.3, -0.25) is 0 Å². The maximum absolute atomic E-state index is 2.32. The summed E-state index contributed by atoms with van der Waals surface area (Å²) >= 11 is 0. The number of nitrogens with zero attached hydrogens (tertiary/aromatic N) is 1. The minimum absolute atomic E-state index is 0.0739. The molecule has 1 aliphatic heterocycles. The number of hydrogen-bond donors (Lipinski definition) is 0. The van der Waals surface area contributed by atoms with Crippen molar-refractivity contribution in [1.82, 2.24) is 0 Å². The first-order valence-electron chi connectivity index (χ1n) is 6.46. The summed E-state index contributed by atoms with van der Waals surface area (Å²) in [7, 11) is 2.15. The number of fused-ring (bicyclic) bond motifs is 2. The first-order valence-corrected chi connectivity index (χ1v) is 6.46. The van der Waals surface area contributed by atoms with Crippen LogP contribution in [0.4, 0.5) is 11.4 Å². The van der Waals surface area contributed by atoms with Gasteiger partial charge in [0.05, 0.1) is 0 Å². The van der Waals surface area contributed by atoms with Gasteiger partial charge in [0, 0.05) is 23.8 Å². The van der Waals surface area contributed by atoms with Crippen molar-refractivity contribution in [3.8, 4) is 0 Å². The summed E-state index contributed by atoms with van der Waals surface area (Å²) in [5.41, 5.74) is 6.87. The van der Waals surface area contributed by atoms with E-state index < -0.39 is 0 Å². The fourth-order valence-corrected chi connectivity index (χ4v) is 3.01. The molecule has 0 bridgehead atoms. The largest absolute Gasteiger partial charge is 0.344 e. The monoisotopic (exact) mass is 237 g/mol. The molecule has 0 saturated heterocycles. The Morgan fingerprint density at radius 2 is 1.56 bits per heavy atom. The van der Waals surface area contributed by atoms with E-state index >= 15 is 0 Å². The van der Waals surface area contributed by atoms with Crippen molar-refractivity contribution in [2.24, 2.45) is 0 Å². The Kier molecular flexibility index (Phi) is 2.28. The molecule has 1 heterocycles. The lowest BCUT2D eigenvalue weighted by Crippen LogP contribution is -2.30. The molecular formula is C17H19N. The van der Waals surface area contributed by atoms with Crippen LogP contribution >= 0.6 is 0 Å². The number of para-hydroxylation sites is 1. The minimum atomic E-state index is 0.0739. The third-order valence-electron chi connectivity index (χ3n) is 4.13. The van der Waals surface area contributed by atoms with Crippen LogP contribution in [-0.2, 0) is 5.41 Å². The first kappa shape index (κ1) is 11.3. The Morgan fingerprint density at radius 3 is 2.33 bits per heavy atom. The Labute approximate surface area is 109 Å². The van der Waals surface area contributed by atoms with Crippen LogP contribution in [0, 0.1) is 6.92 Å². The Balaban J connectivity index is 2.33. The van der Waals surface area contributed by atoms with Crippen LogP contribution in [0.1, 0.15) is 30.5 Å². The van der Waals surface area contributed by atoms with E-state index in [2.05, 4.69) is 75.2 Å². The average molecular weight is 237 g/mol. The van der Waals surface area contributed by atoms with Crippen molar-refractivity contribution in [3.05, 3.63) is 59.2 Å². The summed E-state index contributed by atoms with van der Waals surface area (Å²) in [6.45, 7) is 6.80. The van der Waals surface area contributed by atoms with Crippen LogP contribution in [0.2, 0.25) is 0 Å². The maximum Gasteiger partial charge on any atom is 0.0449 e. The van der Waals surface area contributed by atoms with Crippen LogP contribution in [0.3, 0.4) is 0 Å². The van der Waals surface area contributed by atoms with Crippen molar-refractivity contribution >= 4 is 11.4 Å². The molecule has 0 aliphatic carbocycles. The van der Waals surface area contributed by atoms with Gasteiger partial charge in [-0.25, -0.2) is 0 Å². The molecule has 1 heteroatoms. The number of benzene rings is 2. The van der Waals surface area contributed by atoms with Crippen LogP contribution in [0.5, 0.6) is 0 Å². The fraction of sp³-hybridized carbons (Fsp3) is 0.294. The van der Waals surface area contributed by atoms with Gasteiger partial charge in [-0.05, 0) is 30.2 Å². The zero-order valence-corrected chi connectivity index (χ0v) is 11.5. The summed E-state index contributed by atoms with van der Waals surface area (Å²) in [5, 5.41) is 0. The van der Waals surface area contributed by atoms with E-state index in [4.69, 9.17) is 0 Å². The topological polar surface area (TPSA) is 3.24 Å². The Hall–Kier alpha value is -1.76. The highest BCUT2D eigenvalue weighted by atomic mass is 15.1. The second kappa shape index (κ2) is 3.61. The number of aryl methyl sites for hydroxylation is 1. The van der Waals surface area contributed by atoms with Gasteiger partial charge in [0.1, 0.15) is 0 Å². The van der Waals surface area contributed by atoms with E-state index in [-0.39, 0.29) is 5.41 Å². The molecule has 0 fully saturated rings. The zero-order valence-electron chi connectivity index (χ0n) is 11.5. The summed E-state index contributed by atoms with van der Waals surface area (Å²) in [5.74, 6) is 0. The molecule has 0 aromatic heterocycles. The van der Waals surface area contributed by atoms with E-state index in [0.717, 1.165) is 0 Å². The molecule has 2 aromatic rings. The molecule has 1 nitrogen and oxygen atoms in total. The predicted octanol–water partition coefficient (Wildman–Crippen LogP) is 4.40. The van der Waals surface area contributed by atoms with E-state index in [1.807, 2.05) is 0 Å². The SMILES string of the molecule is Cc1ccc2c(c1)C(C)(C)c1ccccc1N2C. The number of hydrogen-bond acceptors (Lipinski definition) is 1. The smallest absolute Gasteiger partial charge is 0.0449 e. The highest BCUT2D eigenvalue weighted by Gasteiger charge is 2.34. The minimum Gasteiger partial charge on any atom is -0.344 e. The summed E-state index contributed by atoms with van der Waals surface area (Å²) < 4.78 is 0. The van der Waals surface area contributed by atoms with Gasteiger partial charge in [0.15, 0.2) is 0 Å². The molecule has 0 spiro atoms. The second-order valence-electron chi connectivity index (χ2n) is 5.72. The summed E-state index contributed by atoms with van der Waals surface area (Å²) in [6, 6.07) is 15.5. The van der Waals surface area contributed by atoms with Gasteiger partial charge in [-0.15, -0.1) is 0 Å². The third-order valence-corrected chi connectivity index (χ3v) is 4.13. The van der Waals surface area contributed by atoms with Crippen LogP contribution < -0.4 is 4.90 Å². The molecule has 0 radical (unpaired) electrons. The lowest BCUT2D eigenvalue weighted by atomic mass is 9.73. The maximum atomic E-state index is 2.32. The summed E-state index contributed by atoms with van der Waals surface area (Å²) in [6.07, 6.45) is 0. The molecule has 0 N–H and O–H groups in total. The normalized spacial score (nSPS) is 16.1. The highest BCUT2D eigenvalue weighted by molar-refractivity contribution is 5.77. The standard InChI is InChI=1S/C17H19N/c1-12-9-10-16-14(11-12)17(2,3)13-7-5-6-8-15(13)18(16)4/h5-11H,1-4H3. The number of anilines is 2. The van der Waals surface area contributed by atoms with E-state index in [9.17, 15) is 0 Å². The zero-order chi connectivity index (χ0) is 12.9. The molecule has 0 amide bonds. The third kappa shape index (κ3) is 1.40. The molecule has 3 rings (SSSR count). The molecular weight excluding hydrogens is 218 g/mol. The molecule has 2 aromatic carbocycles. The van der Waals surface area contributed by atoms with E-state index in [1.165, 1.54) is 28.1 Å². The first-order chi connectivity index (χ1) is 8.51. The van der Waals surface area contributed by atoms with Crippen molar-refractivity contribution in [2.45, 2.75) is 26.2 Å². The van der Waals surface area contributed by atoms with Crippen LogP contribution in [-0.4, -0.2) is 7.05 Å². The van der Waals surface area contributed by atoms with E-state index in [1.54, 1.807) is 0 Å². The fourth-order valence-electron chi connectivity index (χ4n) is 3.01. The highest BCUT2D eigenvalue weighted by Crippen LogP contribution is 2.48. The molecule has 18 heavy (non-hydrogen) atoms. The Morgan fingerprint density at radius 1 is 0.889 bits per heavy atom. The summed E-state index contributed by atoms with van der Waals surface area (Å²) in [4.78, 5) is 2.30. The lowest BCUT2D eigenvalue weighted by molar-refractivity contribution is 0.629. The van der Waals surface area contributed by atoms with Crippen molar-refractivity contribution in [1.29, 1.82) is 0 Å². The van der Waals surface area contributed by atoms with Gasteiger partial charge in [-0.2, -0.15) is 0 Å². The van der Waals surface area contributed by atoms with Gasteiger partial charge in [0.25, 0.3) is 0 Å². The van der Waals surface area contributed by atoms with Crippen molar-refractivity contribution < 1.29 is 0 Å². The average Bonchev–Trinajstić information content (AvgIpc) is 2.36. The van der Waals surface area contributed by atoms with Crippen LogP contribution in [0.15, 0.2) is 42.5 Å². The van der Waals surface area contributed by atoms with E-state index in [0.29, 0.717) is 0 Å². The predicted molar refractivity (Wildman–Crippen MR) is 77.8 cm³/mol. The molecule has 92 valence electrons. The van der Waals surface area contributed by atoms with Crippen LogP contribution in [0.25, 0.3) is 0 Å². The molecule has 1 aliphatic rings.